The van der Waals surface area contributed by atoms with Gasteiger partial charge in [-0.1, -0.05) is 30.3 Å². The Hall–Kier alpha value is -1.31. The van der Waals surface area contributed by atoms with E-state index in [4.69, 9.17) is 0 Å². The second kappa shape index (κ2) is 5.69. The molecule has 1 N–H and O–H groups in total. The van der Waals surface area contributed by atoms with Crippen molar-refractivity contribution in [1.29, 1.82) is 0 Å². The number of hydrogen-bond donors (Lipinski definition) is 1. The van der Waals surface area contributed by atoms with Crippen LogP contribution in [0.25, 0.3) is 0 Å². The van der Waals surface area contributed by atoms with Gasteiger partial charge in [0.1, 0.15) is 0 Å². The molecule has 0 aromatic heterocycles. The number of rotatable bonds is 6. The molecule has 2 rings (SSSR count). The van der Waals surface area contributed by atoms with Crippen molar-refractivity contribution in [3.63, 3.8) is 0 Å². The lowest BCUT2D eigenvalue weighted by Crippen LogP contribution is -2.24. The van der Waals surface area contributed by atoms with Crippen molar-refractivity contribution in [1.82, 2.24) is 5.32 Å². The lowest BCUT2D eigenvalue weighted by Gasteiger charge is -2.03. The lowest BCUT2D eigenvalue weighted by atomic mass is 10.1. The molecule has 0 saturated heterocycles. The number of carbonyl (C=O) groups excluding carboxylic acids is 1. The van der Waals surface area contributed by atoms with Gasteiger partial charge in [-0.25, -0.2) is 0 Å². The van der Waals surface area contributed by atoms with Gasteiger partial charge in [0.05, 0.1) is 0 Å². The number of aryl methyl sites for hydroxylation is 1. The van der Waals surface area contributed by atoms with Gasteiger partial charge in [-0.05, 0) is 37.7 Å². The minimum Gasteiger partial charge on any atom is -0.353 e. The van der Waals surface area contributed by atoms with Gasteiger partial charge < -0.3 is 5.32 Å². The van der Waals surface area contributed by atoms with Gasteiger partial charge in [0.25, 0.3) is 0 Å². The molecule has 0 aliphatic heterocycles. The molecule has 2 nitrogen and oxygen atoms in total. The van der Waals surface area contributed by atoms with E-state index in [1.165, 1.54) is 18.4 Å². The molecule has 0 radical (unpaired) electrons. The van der Waals surface area contributed by atoms with Gasteiger partial charge in [-0.2, -0.15) is 0 Å². The summed E-state index contributed by atoms with van der Waals surface area (Å²) < 4.78 is 0. The Morgan fingerprint density at radius 2 is 1.94 bits per heavy atom. The number of nitrogens with one attached hydrogen (secondary N) is 1. The van der Waals surface area contributed by atoms with E-state index in [0.29, 0.717) is 12.5 Å². The van der Waals surface area contributed by atoms with Crippen molar-refractivity contribution in [3.05, 3.63) is 35.9 Å². The highest BCUT2D eigenvalue weighted by Gasteiger charge is 2.22. The minimum atomic E-state index is 0.232. The van der Waals surface area contributed by atoms with E-state index in [1.807, 2.05) is 6.07 Å². The first-order valence-electron chi connectivity index (χ1n) is 6.18. The standard InChI is InChI=1S/C14H19NO/c16-14(15-13-10-11-13)9-5-4-8-12-6-2-1-3-7-12/h1-3,6-7,13H,4-5,8-11H2,(H,15,16). The Bertz CT molecular complexity index is 330. The molecule has 1 aliphatic rings. The van der Waals surface area contributed by atoms with Gasteiger partial charge in [0.2, 0.25) is 5.91 Å². The Balaban J connectivity index is 1.56. The first-order valence-corrected chi connectivity index (χ1v) is 6.18. The van der Waals surface area contributed by atoms with Gasteiger partial charge >= 0.3 is 0 Å². The first-order chi connectivity index (χ1) is 7.84. The molecule has 1 aromatic carbocycles. The van der Waals surface area contributed by atoms with Gasteiger partial charge in [0, 0.05) is 12.5 Å². The van der Waals surface area contributed by atoms with Crippen LogP contribution in [0.2, 0.25) is 0 Å². The minimum absolute atomic E-state index is 0.232. The topological polar surface area (TPSA) is 29.1 Å². The summed E-state index contributed by atoms with van der Waals surface area (Å²) in [5.74, 6) is 0.232. The zero-order chi connectivity index (χ0) is 11.2. The van der Waals surface area contributed by atoms with Crippen LogP contribution in [-0.4, -0.2) is 11.9 Å². The van der Waals surface area contributed by atoms with E-state index in [2.05, 4.69) is 29.6 Å². The lowest BCUT2D eigenvalue weighted by molar-refractivity contribution is -0.121. The van der Waals surface area contributed by atoms with Crippen LogP contribution >= 0.6 is 0 Å². The molecule has 1 saturated carbocycles. The summed E-state index contributed by atoms with van der Waals surface area (Å²) in [5, 5.41) is 3.01. The predicted molar refractivity (Wildman–Crippen MR) is 65.2 cm³/mol. The van der Waals surface area contributed by atoms with Crippen molar-refractivity contribution < 1.29 is 4.79 Å². The quantitative estimate of drug-likeness (QED) is 0.729. The Morgan fingerprint density at radius 1 is 1.19 bits per heavy atom. The fraction of sp³-hybridized carbons (Fsp3) is 0.500. The van der Waals surface area contributed by atoms with Gasteiger partial charge in [-0.3, -0.25) is 4.79 Å². The van der Waals surface area contributed by atoms with Crippen LogP contribution < -0.4 is 5.32 Å². The second-order valence-corrected chi connectivity index (χ2v) is 4.53. The van der Waals surface area contributed by atoms with Crippen LogP contribution in [0.15, 0.2) is 30.3 Å². The number of amides is 1. The van der Waals surface area contributed by atoms with E-state index in [1.54, 1.807) is 0 Å². The number of hydrogen-bond acceptors (Lipinski definition) is 1. The van der Waals surface area contributed by atoms with Crippen LogP contribution in [0.5, 0.6) is 0 Å². The average Bonchev–Trinajstić information content (AvgIpc) is 3.10. The smallest absolute Gasteiger partial charge is 0.220 e. The summed E-state index contributed by atoms with van der Waals surface area (Å²) in [6.45, 7) is 0. The maximum absolute atomic E-state index is 11.4. The third-order valence-electron chi connectivity index (χ3n) is 2.90. The molecular weight excluding hydrogens is 198 g/mol. The Kier molecular flexibility index (Phi) is 3.97. The molecule has 86 valence electrons. The SMILES string of the molecule is O=C(CCCCc1ccccc1)NC1CC1. The largest absolute Gasteiger partial charge is 0.353 e. The summed E-state index contributed by atoms with van der Waals surface area (Å²) >= 11 is 0. The Morgan fingerprint density at radius 3 is 2.62 bits per heavy atom. The van der Waals surface area contributed by atoms with E-state index in [0.717, 1.165) is 19.3 Å². The summed E-state index contributed by atoms with van der Waals surface area (Å²) in [7, 11) is 0. The third kappa shape index (κ3) is 4.05. The summed E-state index contributed by atoms with van der Waals surface area (Å²) in [5.41, 5.74) is 1.37. The monoisotopic (exact) mass is 217 g/mol. The third-order valence-corrected chi connectivity index (χ3v) is 2.90. The molecule has 0 atom stereocenters. The first kappa shape index (κ1) is 11.2. The van der Waals surface area contributed by atoms with Crippen LogP contribution in [0.4, 0.5) is 0 Å². The van der Waals surface area contributed by atoms with Gasteiger partial charge in [-0.15, -0.1) is 0 Å². The van der Waals surface area contributed by atoms with Gasteiger partial charge in [0.15, 0.2) is 0 Å². The highest BCUT2D eigenvalue weighted by molar-refractivity contribution is 5.76. The maximum Gasteiger partial charge on any atom is 0.220 e. The van der Waals surface area contributed by atoms with Crippen molar-refractivity contribution >= 4 is 5.91 Å². The number of unbranched alkanes of at least 4 members (excludes halogenated alkanes) is 1. The van der Waals surface area contributed by atoms with E-state index >= 15 is 0 Å². The van der Waals surface area contributed by atoms with Crippen molar-refractivity contribution in [2.24, 2.45) is 0 Å². The van der Waals surface area contributed by atoms with Crippen molar-refractivity contribution in [3.8, 4) is 0 Å². The van der Waals surface area contributed by atoms with E-state index < -0.39 is 0 Å². The zero-order valence-electron chi connectivity index (χ0n) is 9.61. The van der Waals surface area contributed by atoms with Crippen molar-refractivity contribution in [2.75, 3.05) is 0 Å². The molecule has 0 heterocycles. The zero-order valence-corrected chi connectivity index (χ0v) is 9.61. The maximum atomic E-state index is 11.4. The van der Waals surface area contributed by atoms with Crippen LogP contribution in [0.3, 0.4) is 0 Å². The normalized spacial score (nSPS) is 14.8. The number of carbonyl (C=O) groups is 1. The summed E-state index contributed by atoms with van der Waals surface area (Å²) in [6.07, 6.45) is 6.21. The Labute approximate surface area is 97.1 Å². The number of benzene rings is 1. The molecule has 0 bridgehead atoms. The van der Waals surface area contributed by atoms with Crippen LogP contribution in [0, 0.1) is 0 Å². The molecule has 0 unspecified atom stereocenters. The van der Waals surface area contributed by atoms with Crippen LogP contribution in [-0.2, 0) is 11.2 Å². The second-order valence-electron chi connectivity index (χ2n) is 4.53. The molecule has 1 amide bonds. The molecule has 1 fully saturated rings. The summed E-state index contributed by atoms with van der Waals surface area (Å²) in [6, 6.07) is 11.0. The van der Waals surface area contributed by atoms with Crippen LogP contribution in [0.1, 0.15) is 37.7 Å². The predicted octanol–water partition coefficient (Wildman–Crippen LogP) is 2.68. The molecule has 2 heteroatoms. The highest BCUT2D eigenvalue weighted by atomic mass is 16.1. The van der Waals surface area contributed by atoms with E-state index in [-0.39, 0.29) is 5.91 Å². The molecule has 16 heavy (non-hydrogen) atoms. The molecule has 1 aromatic rings. The fourth-order valence-electron chi connectivity index (χ4n) is 1.79. The molecule has 0 spiro atoms. The average molecular weight is 217 g/mol. The highest BCUT2D eigenvalue weighted by Crippen LogP contribution is 2.18. The fourth-order valence-corrected chi connectivity index (χ4v) is 1.79. The molecular formula is C14H19NO. The summed E-state index contributed by atoms with van der Waals surface area (Å²) in [4.78, 5) is 11.4. The molecule has 1 aliphatic carbocycles. The van der Waals surface area contributed by atoms with E-state index in [9.17, 15) is 4.79 Å². The van der Waals surface area contributed by atoms with Crippen molar-refractivity contribution in [2.45, 2.75) is 44.6 Å².